The highest BCUT2D eigenvalue weighted by Gasteiger charge is 2.52. The molecule has 4 aromatic rings. The molecule has 150 valence electrons. The van der Waals surface area contributed by atoms with Crippen LogP contribution in [0.2, 0.25) is 0 Å². The number of hydrogen-bond donors (Lipinski definition) is 0. The zero-order chi connectivity index (χ0) is 21.0. The highest BCUT2D eigenvalue weighted by Crippen LogP contribution is 2.62. The van der Waals surface area contributed by atoms with Crippen LogP contribution in [0.25, 0.3) is 0 Å². The van der Waals surface area contributed by atoms with Crippen molar-refractivity contribution in [1.29, 1.82) is 0 Å². The Bertz CT molecular complexity index is 1020. The van der Waals surface area contributed by atoms with Gasteiger partial charge in [0.05, 0.1) is 0 Å². The molecule has 30 heavy (non-hydrogen) atoms. The molecular weight excluding hydrogens is 398 g/mol. The van der Waals surface area contributed by atoms with Crippen LogP contribution in [0.5, 0.6) is 0 Å². The van der Waals surface area contributed by atoms with Crippen LogP contribution in [0.4, 0.5) is 0 Å². The SMILES string of the molecule is CC(c1ccccc1)C(c1ccccc1)(c1ccccc1)C(P)(P)c1ccccc1. The van der Waals surface area contributed by atoms with Crippen molar-refractivity contribution in [3.63, 3.8) is 0 Å². The summed E-state index contributed by atoms with van der Waals surface area (Å²) in [7, 11) is 6.41. The molecule has 0 spiro atoms. The molecule has 0 saturated carbocycles. The number of hydrogen-bond acceptors (Lipinski definition) is 0. The molecule has 0 N–H and O–H groups in total. The summed E-state index contributed by atoms with van der Waals surface area (Å²) in [6.45, 7) is 2.36. The maximum absolute atomic E-state index is 3.20. The van der Waals surface area contributed by atoms with E-state index >= 15 is 0 Å². The van der Waals surface area contributed by atoms with Gasteiger partial charge in [-0.05, 0) is 28.2 Å². The molecule has 0 aliphatic heterocycles. The third-order valence-corrected chi connectivity index (χ3v) is 7.89. The Morgan fingerprint density at radius 3 is 1.23 bits per heavy atom. The van der Waals surface area contributed by atoms with E-state index in [1.165, 1.54) is 22.3 Å². The lowest BCUT2D eigenvalue weighted by Crippen LogP contribution is -2.46. The van der Waals surface area contributed by atoms with E-state index in [1.807, 2.05) is 0 Å². The van der Waals surface area contributed by atoms with Gasteiger partial charge in [-0.15, -0.1) is 18.5 Å². The van der Waals surface area contributed by atoms with Crippen LogP contribution in [0.3, 0.4) is 0 Å². The Balaban J connectivity index is 2.09. The minimum absolute atomic E-state index is 0.221. The lowest BCUT2D eigenvalue weighted by molar-refractivity contribution is 0.395. The van der Waals surface area contributed by atoms with Crippen molar-refractivity contribution in [2.24, 2.45) is 0 Å². The predicted octanol–water partition coefficient (Wildman–Crippen LogP) is 7.38. The van der Waals surface area contributed by atoms with Crippen molar-refractivity contribution in [3.05, 3.63) is 144 Å². The lowest BCUT2D eigenvalue weighted by atomic mass is 9.60. The van der Waals surface area contributed by atoms with Crippen molar-refractivity contribution >= 4 is 18.5 Å². The molecule has 3 atom stereocenters. The standard InChI is InChI=1S/C28H28P2/c1-22(23-14-6-2-7-15-23)27(24-16-8-3-9-17-24,25-18-10-4-11-19-25)28(29,30)26-20-12-5-13-21-26/h2-22H,29-30H2,1H3. The molecule has 4 aromatic carbocycles. The van der Waals surface area contributed by atoms with Gasteiger partial charge in [-0.3, -0.25) is 0 Å². The molecule has 0 aliphatic carbocycles. The van der Waals surface area contributed by atoms with Gasteiger partial charge in [0.15, 0.2) is 0 Å². The maximum atomic E-state index is 3.20. The fraction of sp³-hybridized carbons (Fsp3) is 0.143. The van der Waals surface area contributed by atoms with Crippen LogP contribution < -0.4 is 0 Å². The quantitative estimate of drug-likeness (QED) is 0.282. The average Bonchev–Trinajstić information content (AvgIpc) is 2.82. The minimum atomic E-state index is -0.327. The minimum Gasteiger partial charge on any atom is -0.121 e. The molecule has 0 saturated heterocycles. The average molecular weight is 426 g/mol. The summed E-state index contributed by atoms with van der Waals surface area (Å²) in [5.41, 5.74) is 4.89. The molecule has 0 bridgehead atoms. The van der Waals surface area contributed by atoms with E-state index in [9.17, 15) is 0 Å². The molecule has 0 aliphatic rings. The van der Waals surface area contributed by atoms with E-state index in [-0.39, 0.29) is 16.2 Å². The summed E-state index contributed by atoms with van der Waals surface area (Å²) in [4.78, 5) is -0.327. The second-order valence-corrected chi connectivity index (χ2v) is 10.4. The summed E-state index contributed by atoms with van der Waals surface area (Å²) in [5.74, 6) is 0.221. The van der Waals surface area contributed by atoms with Crippen molar-refractivity contribution in [1.82, 2.24) is 0 Å². The Labute approximate surface area is 185 Å². The van der Waals surface area contributed by atoms with Gasteiger partial charge >= 0.3 is 0 Å². The highest BCUT2D eigenvalue weighted by molar-refractivity contribution is 7.39. The molecule has 4 rings (SSSR count). The third kappa shape index (κ3) is 3.54. The summed E-state index contributed by atoms with van der Waals surface area (Å²) in [5, 5.41) is 0. The van der Waals surface area contributed by atoms with Gasteiger partial charge in [0, 0.05) is 10.3 Å². The Kier molecular flexibility index (Phi) is 6.19. The van der Waals surface area contributed by atoms with E-state index in [1.54, 1.807) is 0 Å². The first-order valence-corrected chi connectivity index (χ1v) is 11.5. The normalized spacial score (nSPS) is 13.0. The van der Waals surface area contributed by atoms with Gasteiger partial charge < -0.3 is 0 Å². The van der Waals surface area contributed by atoms with Gasteiger partial charge in [-0.2, -0.15) is 0 Å². The molecule has 0 nitrogen and oxygen atoms in total. The van der Waals surface area contributed by atoms with Crippen LogP contribution in [0.15, 0.2) is 121 Å². The monoisotopic (exact) mass is 426 g/mol. The summed E-state index contributed by atoms with van der Waals surface area (Å²) in [6, 6.07) is 43.6. The van der Waals surface area contributed by atoms with Crippen LogP contribution in [-0.2, 0) is 10.3 Å². The van der Waals surface area contributed by atoms with Crippen molar-refractivity contribution < 1.29 is 0 Å². The first-order chi connectivity index (χ1) is 14.6. The first-order valence-electron chi connectivity index (χ1n) is 10.4. The number of benzene rings is 4. The molecule has 0 heterocycles. The van der Waals surface area contributed by atoms with Crippen LogP contribution in [0.1, 0.15) is 35.1 Å². The fourth-order valence-electron chi connectivity index (χ4n) is 4.84. The van der Waals surface area contributed by atoms with Gasteiger partial charge in [0.25, 0.3) is 0 Å². The zero-order valence-electron chi connectivity index (χ0n) is 17.3. The number of rotatable bonds is 6. The zero-order valence-corrected chi connectivity index (χ0v) is 19.6. The van der Waals surface area contributed by atoms with Crippen molar-refractivity contribution in [2.75, 3.05) is 0 Å². The van der Waals surface area contributed by atoms with Crippen LogP contribution >= 0.6 is 18.5 Å². The molecule has 3 unspecified atom stereocenters. The summed E-state index contributed by atoms with van der Waals surface area (Å²) >= 11 is 0. The fourth-order valence-corrected chi connectivity index (χ4v) is 6.39. The second-order valence-electron chi connectivity index (χ2n) is 7.91. The summed E-state index contributed by atoms with van der Waals surface area (Å²) in [6.07, 6.45) is 0. The largest absolute Gasteiger partial charge is 0.121 e. The van der Waals surface area contributed by atoms with E-state index in [0.717, 1.165) is 0 Å². The Morgan fingerprint density at radius 1 is 0.500 bits per heavy atom. The van der Waals surface area contributed by atoms with E-state index in [0.29, 0.717) is 0 Å². The molecule has 0 aromatic heterocycles. The summed E-state index contributed by atoms with van der Waals surface area (Å²) < 4.78 is 0. The van der Waals surface area contributed by atoms with Gasteiger partial charge in [0.2, 0.25) is 0 Å². The maximum Gasteiger partial charge on any atom is 0.0433 e. The molecule has 0 radical (unpaired) electrons. The van der Waals surface area contributed by atoms with E-state index < -0.39 is 0 Å². The second kappa shape index (κ2) is 8.85. The Morgan fingerprint density at radius 2 is 0.833 bits per heavy atom. The van der Waals surface area contributed by atoms with Crippen LogP contribution in [0, 0.1) is 0 Å². The molecular formula is C28H28P2. The Hall–Kier alpha value is -2.26. The smallest absolute Gasteiger partial charge is 0.0433 e. The first kappa shape index (κ1) is 21.0. The van der Waals surface area contributed by atoms with Gasteiger partial charge in [-0.1, -0.05) is 128 Å². The third-order valence-electron chi connectivity index (χ3n) is 6.31. The topological polar surface area (TPSA) is 0 Å². The van der Waals surface area contributed by atoms with E-state index in [2.05, 4.69) is 147 Å². The molecule has 2 heteroatoms. The van der Waals surface area contributed by atoms with Crippen LogP contribution in [-0.4, -0.2) is 0 Å². The van der Waals surface area contributed by atoms with Gasteiger partial charge in [0.1, 0.15) is 0 Å². The van der Waals surface area contributed by atoms with Crippen molar-refractivity contribution in [3.8, 4) is 0 Å². The lowest BCUT2D eigenvalue weighted by Gasteiger charge is -2.52. The van der Waals surface area contributed by atoms with Gasteiger partial charge in [-0.25, -0.2) is 0 Å². The van der Waals surface area contributed by atoms with E-state index in [4.69, 9.17) is 0 Å². The molecule has 0 amide bonds. The molecule has 0 fully saturated rings. The highest BCUT2D eigenvalue weighted by atomic mass is 31.1. The predicted molar refractivity (Wildman–Crippen MR) is 136 cm³/mol. The van der Waals surface area contributed by atoms with Crippen molar-refractivity contribution in [2.45, 2.75) is 23.2 Å².